The number of hydrogen-bond acceptors (Lipinski definition) is 5. The minimum atomic E-state index is -1.02. The van der Waals surface area contributed by atoms with Crippen molar-refractivity contribution in [2.24, 2.45) is 5.73 Å². The minimum Gasteiger partial charge on any atom is -0.497 e. The summed E-state index contributed by atoms with van der Waals surface area (Å²) in [5.74, 6) is -0.658. The first-order chi connectivity index (χ1) is 18.9. The Labute approximate surface area is 228 Å². The summed E-state index contributed by atoms with van der Waals surface area (Å²) in [7, 11) is 1.56. The quantitative estimate of drug-likeness (QED) is 0.229. The van der Waals surface area contributed by atoms with Crippen molar-refractivity contribution in [3.8, 4) is 16.9 Å². The van der Waals surface area contributed by atoms with Crippen molar-refractivity contribution >= 4 is 17.6 Å². The monoisotopic (exact) mass is 523 g/mol. The van der Waals surface area contributed by atoms with Crippen LogP contribution in [0, 0.1) is 0 Å². The Morgan fingerprint density at radius 2 is 1.54 bits per heavy atom. The van der Waals surface area contributed by atoms with E-state index in [1.54, 1.807) is 31.4 Å². The number of anilines is 1. The first-order valence-electron chi connectivity index (χ1n) is 12.8. The van der Waals surface area contributed by atoms with Gasteiger partial charge in [-0.05, 0) is 52.9 Å². The summed E-state index contributed by atoms with van der Waals surface area (Å²) in [6.07, 6.45) is 0.293. The molecule has 1 unspecified atom stereocenters. The number of nitrogens with zero attached hydrogens (tertiary/aromatic N) is 1. The number of benzene rings is 4. The van der Waals surface area contributed by atoms with Crippen molar-refractivity contribution in [2.45, 2.75) is 25.6 Å². The van der Waals surface area contributed by atoms with Gasteiger partial charge in [-0.2, -0.15) is 0 Å². The highest BCUT2D eigenvalue weighted by Gasteiger charge is 2.18. The van der Waals surface area contributed by atoms with Crippen LogP contribution in [0.4, 0.5) is 5.69 Å². The number of amides is 1. The van der Waals surface area contributed by atoms with Crippen LogP contribution in [-0.2, 0) is 17.9 Å². The Bertz CT molecular complexity index is 1410. The lowest BCUT2D eigenvalue weighted by Gasteiger charge is -2.26. The van der Waals surface area contributed by atoms with Gasteiger partial charge in [-0.15, -0.1) is 0 Å². The zero-order valence-electron chi connectivity index (χ0n) is 21.9. The van der Waals surface area contributed by atoms with Gasteiger partial charge in [0, 0.05) is 30.9 Å². The summed E-state index contributed by atoms with van der Waals surface area (Å²) < 4.78 is 5.25. The van der Waals surface area contributed by atoms with Gasteiger partial charge in [-0.1, -0.05) is 78.9 Å². The van der Waals surface area contributed by atoms with Gasteiger partial charge in [0.25, 0.3) is 5.91 Å². The second-order valence-corrected chi connectivity index (χ2v) is 9.31. The highest BCUT2D eigenvalue weighted by atomic mass is 16.5. The van der Waals surface area contributed by atoms with Crippen molar-refractivity contribution in [1.82, 2.24) is 4.90 Å². The maximum atomic E-state index is 13.0. The van der Waals surface area contributed by atoms with Gasteiger partial charge in [-0.3, -0.25) is 14.5 Å². The van der Waals surface area contributed by atoms with Gasteiger partial charge in [0.2, 0.25) is 0 Å². The Morgan fingerprint density at radius 3 is 2.28 bits per heavy atom. The fourth-order valence-electron chi connectivity index (χ4n) is 4.44. The molecule has 0 aliphatic carbocycles. The van der Waals surface area contributed by atoms with Crippen molar-refractivity contribution in [3.63, 3.8) is 0 Å². The lowest BCUT2D eigenvalue weighted by Crippen LogP contribution is -2.35. The van der Waals surface area contributed by atoms with E-state index in [1.165, 1.54) is 0 Å². The molecule has 0 fully saturated rings. The molecule has 0 aliphatic rings. The second-order valence-electron chi connectivity index (χ2n) is 9.31. The molecule has 7 nitrogen and oxygen atoms in total. The molecule has 200 valence electrons. The molecule has 0 heterocycles. The number of carbonyl (C=O) groups excluding carboxylic acids is 1. The van der Waals surface area contributed by atoms with Crippen LogP contribution in [0.5, 0.6) is 5.75 Å². The largest absolute Gasteiger partial charge is 0.497 e. The smallest absolute Gasteiger partial charge is 0.320 e. The topological polar surface area (TPSA) is 105 Å². The molecule has 4 N–H and O–H groups in total. The summed E-state index contributed by atoms with van der Waals surface area (Å²) in [6, 6.07) is 32.0. The average Bonchev–Trinajstić information content (AvgIpc) is 2.97. The van der Waals surface area contributed by atoms with Crippen molar-refractivity contribution in [2.75, 3.05) is 19.0 Å². The lowest BCUT2D eigenvalue weighted by molar-refractivity contribution is -0.138. The van der Waals surface area contributed by atoms with Gasteiger partial charge >= 0.3 is 5.97 Å². The number of carboxylic acids is 1. The van der Waals surface area contributed by atoms with E-state index in [9.17, 15) is 14.7 Å². The predicted molar refractivity (Wildman–Crippen MR) is 154 cm³/mol. The number of carbonyl (C=O) groups is 2. The molecule has 0 spiro atoms. The molecular formula is C32H33N3O4. The maximum Gasteiger partial charge on any atom is 0.320 e. The molecule has 0 radical (unpaired) electrons. The number of methoxy groups -OCH3 is 1. The number of nitrogens with one attached hydrogen (secondary N) is 1. The molecule has 4 aromatic rings. The Balaban J connectivity index is 1.59. The molecule has 4 rings (SSSR count). The molecule has 1 atom stereocenters. The third-order valence-electron chi connectivity index (χ3n) is 6.56. The highest BCUT2D eigenvalue weighted by molar-refractivity contribution is 6.04. The summed E-state index contributed by atoms with van der Waals surface area (Å²) in [4.78, 5) is 26.6. The maximum absolute atomic E-state index is 13.0. The average molecular weight is 524 g/mol. The molecule has 0 bridgehead atoms. The molecule has 0 saturated carbocycles. The Morgan fingerprint density at radius 1 is 0.872 bits per heavy atom. The van der Waals surface area contributed by atoms with Crippen molar-refractivity contribution < 1.29 is 19.4 Å². The standard InChI is InChI=1S/C32H33N3O4/c1-39-27-15-9-14-24(20-27)31(36)34-30-17-8-6-13-26(30)22-35(19-18-29(33)32(37)38)21-25-12-5-7-16-28(25)23-10-3-2-4-11-23/h2-17,20,29H,18-19,21-22,33H2,1H3,(H,34,36)(H,37,38). The van der Waals surface area contributed by atoms with Gasteiger partial charge in [0.15, 0.2) is 0 Å². The first-order valence-corrected chi connectivity index (χ1v) is 12.8. The molecule has 7 heteroatoms. The van der Waals surface area contributed by atoms with Crippen LogP contribution in [0.2, 0.25) is 0 Å². The highest BCUT2D eigenvalue weighted by Crippen LogP contribution is 2.26. The number of ether oxygens (including phenoxy) is 1. The fraction of sp³-hybridized carbons (Fsp3) is 0.188. The number of para-hydroxylation sites is 1. The van der Waals surface area contributed by atoms with E-state index in [4.69, 9.17) is 10.5 Å². The predicted octanol–water partition coefficient (Wildman–Crippen LogP) is 5.42. The van der Waals surface area contributed by atoms with Gasteiger partial charge in [-0.25, -0.2) is 0 Å². The van der Waals surface area contributed by atoms with Crippen LogP contribution in [0.25, 0.3) is 11.1 Å². The molecule has 4 aromatic carbocycles. The molecular weight excluding hydrogens is 490 g/mol. The molecule has 1 amide bonds. The fourth-order valence-corrected chi connectivity index (χ4v) is 4.44. The van der Waals surface area contributed by atoms with Gasteiger partial charge < -0.3 is 20.9 Å². The van der Waals surface area contributed by atoms with Crippen LogP contribution in [-0.4, -0.2) is 41.6 Å². The molecule has 0 aromatic heterocycles. The summed E-state index contributed by atoms with van der Waals surface area (Å²) in [5, 5.41) is 12.4. The summed E-state index contributed by atoms with van der Waals surface area (Å²) >= 11 is 0. The van der Waals surface area contributed by atoms with E-state index < -0.39 is 12.0 Å². The first kappa shape index (κ1) is 27.6. The normalized spacial score (nSPS) is 11.7. The Kier molecular flexibility index (Phi) is 9.45. The third kappa shape index (κ3) is 7.54. The SMILES string of the molecule is COc1cccc(C(=O)Nc2ccccc2CN(CCC(N)C(=O)O)Cc2ccccc2-c2ccccc2)c1. The van der Waals surface area contributed by atoms with Crippen LogP contribution in [0.15, 0.2) is 103 Å². The van der Waals surface area contributed by atoms with E-state index in [0.29, 0.717) is 43.1 Å². The second kappa shape index (κ2) is 13.4. The number of aliphatic carboxylic acids is 1. The summed E-state index contributed by atoms with van der Waals surface area (Å²) in [5.41, 5.74) is 11.3. The summed E-state index contributed by atoms with van der Waals surface area (Å²) in [6.45, 7) is 1.54. The minimum absolute atomic E-state index is 0.241. The van der Waals surface area contributed by atoms with Crippen LogP contribution in [0.1, 0.15) is 27.9 Å². The molecule has 0 aliphatic heterocycles. The van der Waals surface area contributed by atoms with E-state index in [1.807, 2.05) is 54.6 Å². The number of nitrogens with two attached hydrogens (primary N) is 1. The van der Waals surface area contributed by atoms with Crippen LogP contribution < -0.4 is 15.8 Å². The number of carboxylic acid groups (broad SMARTS) is 1. The van der Waals surface area contributed by atoms with E-state index in [2.05, 4.69) is 34.5 Å². The van der Waals surface area contributed by atoms with Gasteiger partial charge in [0.05, 0.1) is 7.11 Å². The number of rotatable bonds is 12. The van der Waals surface area contributed by atoms with Crippen molar-refractivity contribution in [1.29, 1.82) is 0 Å². The van der Waals surface area contributed by atoms with E-state index in [0.717, 1.165) is 22.3 Å². The molecule has 0 saturated heterocycles. The number of hydrogen-bond donors (Lipinski definition) is 3. The van der Waals surface area contributed by atoms with E-state index >= 15 is 0 Å². The third-order valence-corrected chi connectivity index (χ3v) is 6.56. The Hall–Kier alpha value is -4.46. The van der Waals surface area contributed by atoms with Crippen molar-refractivity contribution in [3.05, 3.63) is 120 Å². The lowest BCUT2D eigenvalue weighted by atomic mass is 9.99. The van der Waals surface area contributed by atoms with Crippen LogP contribution in [0.3, 0.4) is 0 Å². The van der Waals surface area contributed by atoms with Gasteiger partial charge in [0.1, 0.15) is 11.8 Å². The molecule has 39 heavy (non-hydrogen) atoms. The van der Waals surface area contributed by atoms with Crippen LogP contribution >= 0.6 is 0 Å². The zero-order chi connectivity index (χ0) is 27.6. The van der Waals surface area contributed by atoms with E-state index in [-0.39, 0.29) is 5.91 Å². The zero-order valence-corrected chi connectivity index (χ0v) is 21.9.